The predicted octanol–water partition coefficient (Wildman–Crippen LogP) is 4.05. The van der Waals surface area contributed by atoms with E-state index in [0.29, 0.717) is 0 Å². The fourth-order valence-electron chi connectivity index (χ4n) is 1.69. The molecule has 1 aromatic carbocycles. The summed E-state index contributed by atoms with van der Waals surface area (Å²) in [6, 6.07) is 9.89. The molecule has 0 fully saturated rings. The van der Waals surface area contributed by atoms with Crippen molar-refractivity contribution in [3.63, 3.8) is 0 Å². The Morgan fingerprint density at radius 3 is 2.79 bits per heavy atom. The van der Waals surface area contributed by atoms with Gasteiger partial charge in [-0.1, -0.05) is 22.9 Å². The van der Waals surface area contributed by atoms with Gasteiger partial charge in [-0.3, -0.25) is 4.98 Å². The van der Waals surface area contributed by atoms with E-state index in [4.69, 9.17) is 4.74 Å². The third kappa shape index (κ3) is 4.04. The summed E-state index contributed by atoms with van der Waals surface area (Å²) < 4.78 is 6.94. The third-order valence-electron chi connectivity index (χ3n) is 2.70. The Balaban J connectivity index is 2.20. The molecule has 0 aliphatic heterocycles. The minimum absolute atomic E-state index is 0.755. The Kier molecular flexibility index (Phi) is 4.93. The second-order valence-electron chi connectivity index (χ2n) is 4.27. The van der Waals surface area contributed by atoms with Crippen LogP contribution in [0.15, 0.2) is 41.0 Å². The van der Waals surface area contributed by atoms with Crippen LogP contribution in [0, 0.1) is 6.92 Å². The van der Waals surface area contributed by atoms with E-state index >= 15 is 0 Å². The molecule has 0 bridgehead atoms. The van der Waals surface area contributed by atoms with Crippen LogP contribution in [0.1, 0.15) is 18.2 Å². The van der Waals surface area contributed by atoms with Crippen molar-refractivity contribution < 1.29 is 4.74 Å². The van der Waals surface area contributed by atoms with Gasteiger partial charge < -0.3 is 10.1 Å². The number of ether oxygens (including phenoxy) is 1. The highest BCUT2D eigenvalue weighted by Gasteiger charge is 2.06. The number of rotatable bonds is 5. The molecule has 0 radical (unpaired) electrons. The van der Waals surface area contributed by atoms with Gasteiger partial charge in [-0.05, 0) is 43.8 Å². The van der Waals surface area contributed by atoms with Crippen LogP contribution in [0.25, 0.3) is 0 Å². The zero-order valence-corrected chi connectivity index (χ0v) is 12.7. The molecule has 100 valence electrons. The molecule has 0 saturated heterocycles. The molecule has 3 nitrogen and oxygen atoms in total. The summed E-state index contributed by atoms with van der Waals surface area (Å²) in [4.78, 5) is 4.23. The molecule has 0 atom stereocenters. The van der Waals surface area contributed by atoms with Crippen molar-refractivity contribution in [2.45, 2.75) is 20.4 Å². The van der Waals surface area contributed by atoms with E-state index in [9.17, 15) is 0 Å². The predicted molar refractivity (Wildman–Crippen MR) is 80.6 cm³/mol. The molecule has 0 unspecified atom stereocenters. The summed E-state index contributed by atoms with van der Waals surface area (Å²) in [5.74, 6) is 1.61. The number of nitrogens with zero attached hydrogens (tertiary/aromatic N) is 1. The van der Waals surface area contributed by atoms with Gasteiger partial charge in [-0.25, -0.2) is 0 Å². The number of aromatic nitrogens is 1. The highest BCUT2D eigenvalue weighted by atomic mass is 79.9. The third-order valence-corrected chi connectivity index (χ3v) is 3.19. The largest absolute Gasteiger partial charge is 0.455 e. The lowest BCUT2D eigenvalue weighted by molar-refractivity contribution is 0.470. The first-order valence-electron chi connectivity index (χ1n) is 6.28. The first-order chi connectivity index (χ1) is 9.19. The van der Waals surface area contributed by atoms with Crippen molar-refractivity contribution in [3.8, 4) is 11.5 Å². The number of aryl methyl sites for hydroxylation is 1. The summed E-state index contributed by atoms with van der Waals surface area (Å²) in [5, 5.41) is 3.31. The smallest absolute Gasteiger partial charge is 0.145 e. The van der Waals surface area contributed by atoms with Gasteiger partial charge in [-0.15, -0.1) is 0 Å². The molecule has 0 spiro atoms. The average Bonchev–Trinajstić information content (AvgIpc) is 2.41. The molecule has 0 amide bonds. The number of nitrogens with one attached hydrogen (secondary N) is 1. The molecule has 4 heteroatoms. The first kappa shape index (κ1) is 14.0. The van der Waals surface area contributed by atoms with Crippen molar-refractivity contribution in [1.82, 2.24) is 10.3 Å². The number of benzene rings is 1. The molecule has 1 N–H and O–H groups in total. The monoisotopic (exact) mass is 320 g/mol. The number of hydrogen-bond donors (Lipinski definition) is 1. The van der Waals surface area contributed by atoms with Crippen LogP contribution < -0.4 is 10.1 Å². The fourth-order valence-corrected chi connectivity index (χ4v) is 2.10. The van der Waals surface area contributed by atoms with E-state index in [2.05, 4.69) is 39.2 Å². The van der Waals surface area contributed by atoms with Gasteiger partial charge in [-0.2, -0.15) is 0 Å². The standard InChI is InChI=1S/C15H17BrN2O/c1-3-17-9-12-8-13(16)5-7-15(12)19-14-6-4-11(2)18-10-14/h4-8,10,17H,3,9H2,1-2H3. The maximum Gasteiger partial charge on any atom is 0.145 e. The van der Waals surface area contributed by atoms with Crippen molar-refractivity contribution in [2.75, 3.05) is 6.54 Å². The second kappa shape index (κ2) is 6.68. The minimum Gasteiger partial charge on any atom is -0.455 e. The molecule has 0 aliphatic carbocycles. The van der Waals surface area contributed by atoms with Crippen molar-refractivity contribution in [1.29, 1.82) is 0 Å². The average molecular weight is 321 g/mol. The molecule has 0 aliphatic rings. The summed E-state index contributed by atoms with van der Waals surface area (Å²) >= 11 is 3.49. The van der Waals surface area contributed by atoms with Gasteiger partial charge in [0.25, 0.3) is 0 Å². The van der Waals surface area contributed by atoms with Crippen LogP contribution in [0.3, 0.4) is 0 Å². The highest BCUT2D eigenvalue weighted by Crippen LogP contribution is 2.27. The normalized spacial score (nSPS) is 10.5. The fraction of sp³-hybridized carbons (Fsp3) is 0.267. The molecule has 2 rings (SSSR count). The van der Waals surface area contributed by atoms with Gasteiger partial charge in [0.05, 0.1) is 6.20 Å². The van der Waals surface area contributed by atoms with Crippen LogP contribution >= 0.6 is 15.9 Å². The second-order valence-corrected chi connectivity index (χ2v) is 5.19. The summed E-state index contributed by atoms with van der Waals surface area (Å²) in [7, 11) is 0. The molecule has 0 saturated carbocycles. The lowest BCUT2D eigenvalue weighted by atomic mass is 10.2. The van der Waals surface area contributed by atoms with Crippen LogP contribution in [0.5, 0.6) is 11.5 Å². The molecular formula is C15H17BrN2O. The molecular weight excluding hydrogens is 304 g/mol. The van der Waals surface area contributed by atoms with E-state index in [1.165, 1.54) is 0 Å². The van der Waals surface area contributed by atoms with Gasteiger partial charge in [0.15, 0.2) is 0 Å². The van der Waals surface area contributed by atoms with E-state index in [0.717, 1.165) is 40.3 Å². The van der Waals surface area contributed by atoms with Crippen molar-refractivity contribution in [2.24, 2.45) is 0 Å². The lowest BCUT2D eigenvalue weighted by Crippen LogP contribution is -2.12. The van der Waals surface area contributed by atoms with Crippen molar-refractivity contribution >= 4 is 15.9 Å². The highest BCUT2D eigenvalue weighted by molar-refractivity contribution is 9.10. The number of pyridine rings is 1. The van der Waals surface area contributed by atoms with E-state index in [1.54, 1.807) is 6.20 Å². The molecule has 1 aromatic heterocycles. The Morgan fingerprint density at radius 2 is 2.11 bits per heavy atom. The zero-order chi connectivity index (χ0) is 13.7. The lowest BCUT2D eigenvalue weighted by Gasteiger charge is -2.12. The SMILES string of the molecule is CCNCc1cc(Br)ccc1Oc1ccc(C)nc1. The number of hydrogen-bond acceptors (Lipinski definition) is 3. The molecule has 1 heterocycles. The van der Waals surface area contributed by atoms with Gasteiger partial charge in [0.2, 0.25) is 0 Å². The zero-order valence-electron chi connectivity index (χ0n) is 11.1. The topological polar surface area (TPSA) is 34.1 Å². The van der Waals surface area contributed by atoms with Crippen LogP contribution in [-0.2, 0) is 6.54 Å². The summed E-state index contributed by atoms with van der Waals surface area (Å²) in [6.07, 6.45) is 1.74. The van der Waals surface area contributed by atoms with Crippen LogP contribution in [0.2, 0.25) is 0 Å². The van der Waals surface area contributed by atoms with Crippen LogP contribution in [-0.4, -0.2) is 11.5 Å². The summed E-state index contributed by atoms with van der Waals surface area (Å²) in [6.45, 7) is 5.75. The first-order valence-corrected chi connectivity index (χ1v) is 7.08. The molecule has 19 heavy (non-hydrogen) atoms. The van der Waals surface area contributed by atoms with Gasteiger partial charge in [0.1, 0.15) is 11.5 Å². The van der Waals surface area contributed by atoms with Gasteiger partial charge in [0, 0.05) is 22.3 Å². The minimum atomic E-state index is 0.755. The number of halogens is 1. The summed E-state index contributed by atoms with van der Waals surface area (Å²) in [5.41, 5.74) is 2.10. The van der Waals surface area contributed by atoms with Gasteiger partial charge >= 0.3 is 0 Å². The maximum atomic E-state index is 5.89. The van der Waals surface area contributed by atoms with E-state index in [1.807, 2.05) is 31.2 Å². The Morgan fingerprint density at radius 1 is 1.26 bits per heavy atom. The maximum absolute atomic E-state index is 5.89. The molecule has 2 aromatic rings. The van der Waals surface area contributed by atoms with E-state index < -0.39 is 0 Å². The van der Waals surface area contributed by atoms with Crippen LogP contribution in [0.4, 0.5) is 0 Å². The van der Waals surface area contributed by atoms with E-state index in [-0.39, 0.29) is 0 Å². The van der Waals surface area contributed by atoms with Crippen molar-refractivity contribution in [3.05, 3.63) is 52.3 Å². The Hall–Kier alpha value is -1.39. The Labute approximate surface area is 122 Å². The Bertz CT molecular complexity index is 540. The quantitative estimate of drug-likeness (QED) is 0.902.